The molecule has 0 aliphatic carbocycles. The zero-order valence-corrected chi connectivity index (χ0v) is 9.55. The molecule has 0 amide bonds. The molecule has 3 nitrogen and oxygen atoms in total. The summed E-state index contributed by atoms with van der Waals surface area (Å²) in [5, 5.41) is 0. The lowest BCUT2D eigenvalue weighted by Crippen LogP contribution is -2.17. The number of ketones is 1. The Morgan fingerprint density at radius 2 is 1.88 bits per heavy atom. The minimum Gasteiger partial charge on any atom is -0.355 e. The summed E-state index contributed by atoms with van der Waals surface area (Å²) in [6.07, 6.45) is 1.72. The number of carbonyl (C=O) groups is 1. The van der Waals surface area contributed by atoms with Crippen molar-refractivity contribution in [3.63, 3.8) is 0 Å². The summed E-state index contributed by atoms with van der Waals surface area (Å²) in [5.41, 5.74) is 2.52. The van der Waals surface area contributed by atoms with Crippen LogP contribution in [-0.4, -0.2) is 17.8 Å². The van der Waals surface area contributed by atoms with Crippen molar-refractivity contribution in [2.75, 3.05) is 11.9 Å². The largest absolute Gasteiger partial charge is 0.355 e. The zero-order chi connectivity index (χ0) is 11.8. The highest BCUT2D eigenvalue weighted by Gasteiger charge is 2.23. The molecule has 1 aromatic heterocycles. The van der Waals surface area contributed by atoms with Gasteiger partial charge in [0.1, 0.15) is 5.82 Å². The molecule has 0 spiro atoms. The molecule has 0 N–H and O–H groups in total. The molecule has 1 aromatic carbocycles. The van der Waals surface area contributed by atoms with E-state index in [9.17, 15) is 4.79 Å². The molecular weight excluding hydrogens is 212 g/mol. The van der Waals surface area contributed by atoms with Crippen LogP contribution in [0.3, 0.4) is 0 Å². The van der Waals surface area contributed by atoms with Gasteiger partial charge >= 0.3 is 0 Å². The van der Waals surface area contributed by atoms with E-state index >= 15 is 0 Å². The first-order valence-corrected chi connectivity index (χ1v) is 5.56. The maximum Gasteiger partial charge on any atom is 0.197 e. The van der Waals surface area contributed by atoms with Gasteiger partial charge in [-0.05, 0) is 17.7 Å². The third-order valence-electron chi connectivity index (χ3n) is 3.06. The SMILES string of the molecule is CN1Cc2ccccc2C(=O)c2cccnc21. The third kappa shape index (κ3) is 1.51. The van der Waals surface area contributed by atoms with E-state index < -0.39 is 0 Å². The fourth-order valence-corrected chi connectivity index (χ4v) is 2.23. The normalized spacial score (nSPS) is 13.9. The maximum atomic E-state index is 12.4. The van der Waals surface area contributed by atoms with Gasteiger partial charge in [-0.15, -0.1) is 0 Å². The molecule has 0 fully saturated rings. The van der Waals surface area contributed by atoms with E-state index in [1.807, 2.05) is 42.3 Å². The number of fused-ring (bicyclic) bond motifs is 2. The van der Waals surface area contributed by atoms with Crippen molar-refractivity contribution in [3.8, 4) is 0 Å². The quantitative estimate of drug-likeness (QED) is 0.688. The van der Waals surface area contributed by atoms with Gasteiger partial charge in [0.15, 0.2) is 5.78 Å². The summed E-state index contributed by atoms with van der Waals surface area (Å²) in [6.45, 7) is 0.714. The summed E-state index contributed by atoms with van der Waals surface area (Å²) in [5.74, 6) is 0.821. The highest BCUT2D eigenvalue weighted by atomic mass is 16.1. The third-order valence-corrected chi connectivity index (χ3v) is 3.06. The highest BCUT2D eigenvalue weighted by Crippen LogP contribution is 2.27. The molecule has 1 aliphatic heterocycles. The lowest BCUT2D eigenvalue weighted by Gasteiger charge is -2.17. The van der Waals surface area contributed by atoms with E-state index in [0.717, 1.165) is 16.9 Å². The smallest absolute Gasteiger partial charge is 0.197 e. The van der Waals surface area contributed by atoms with Gasteiger partial charge in [0.05, 0.1) is 5.56 Å². The predicted octanol–water partition coefficient (Wildman–Crippen LogP) is 2.26. The summed E-state index contributed by atoms with van der Waals surface area (Å²) in [6, 6.07) is 11.4. The number of hydrogen-bond acceptors (Lipinski definition) is 3. The van der Waals surface area contributed by atoms with Crippen LogP contribution >= 0.6 is 0 Å². The first kappa shape index (κ1) is 10.0. The van der Waals surface area contributed by atoms with Crippen molar-refractivity contribution in [2.45, 2.75) is 6.54 Å². The monoisotopic (exact) mass is 224 g/mol. The van der Waals surface area contributed by atoms with Crippen LogP contribution in [0, 0.1) is 0 Å². The second-order valence-corrected chi connectivity index (χ2v) is 4.22. The summed E-state index contributed by atoms with van der Waals surface area (Å²) >= 11 is 0. The van der Waals surface area contributed by atoms with Crippen LogP contribution in [0.15, 0.2) is 42.6 Å². The minimum absolute atomic E-state index is 0.0630. The average molecular weight is 224 g/mol. The number of pyridine rings is 1. The molecule has 17 heavy (non-hydrogen) atoms. The van der Waals surface area contributed by atoms with Gasteiger partial charge in [0.25, 0.3) is 0 Å². The number of benzene rings is 1. The van der Waals surface area contributed by atoms with E-state index in [1.54, 1.807) is 12.3 Å². The molecule has 2 heterocycles. The molecule has 0 unspecified atom stereocenters. The van der Waals surface area contributed by atoms with Gasteiger partial charge < -0.3 is 4.90 Å². The molecule has 0 atom stereocenters. The molecular formula is C14H12N2O. The van der Waals surface area contributed by atoms with Crippen LogP contribution in [0.4, 0.5) is 5.82 Å². The summed E-state index contributed by atoms with van der Waals surface area (Å²) in [4.78, 5) is 18.7. The number of rotatable bonds is 0. The second-order valence-electron chi connectivity index (χ2n) is 4.22. The number of hydrogen-bond donors (Lipinski definition) is 0. The van der Waals surface area contributed by atoms with Crippen LogP contribution in [0.2, 0.25) is 0 Å². The number of nitrogens with zero attached hydrogens (tertiary/aromatic N) is 2. The van der Waals surface area contributed by atoms with Gasteiger partial charge in [-0.3, -0.25) is 4.79 Å². The van der Waals surface area contributed by atoms with Crippen molar-refractivity contribution >= 4 is 11.6 Å². The molecule has 0 radical (unpaired) electrons. The van der Waals surface area contributed by atoms with Crippen molar-refractivity contribution in [2.24, 2.45) is 0 Å². The molecule has 0 bridgehead atoms. The Morgan fingerprint density at radius 3 is 2.76 bits per heavy atom. The van der Waals surface area contributed by atoms with E-state index in [1.165, 1.54) is 0 Å². The van der Waals surface area contributed by atoms with Crippen LogP contribution in [0.1, 0.15) is 21.5 Å². The molecule has 0 saturated carbocycles. The molecule has 0 saturated heterocycles. The van der Waals surface area contributed by atoms with E-state index in [2.05, 4.69) is 4.98 Å². The molecule has 3 heteroatoms. The van der Waals surface area contributed by atoms with Gasteiger partial charge in [0, 0.05) is 25.4 Å². The molecule has 1 aliphatic rings. The Bertz CT molecular complexity index is 592. The van der Waals surface area contributed by atoms with Crippen molar-refractivity contribution in [1.29, 1.82) is 0 Å². The van der Waals surface area contributed by atoms with Gasteiger partial charge in [0.2, 0.25) is 0 Å². The second kappa shape index (κ2) is 3.70. The van der Waals surface area contributed by atoms with E-state index in [0.29, 0.717) is 12.1 Å². The van der Waals surface area contributed by atoms with Gasteiger partial charge in [-0.2, -0.15) is 0 Å². The average Bonchev–Trinajstić information content (AvgIpc) is 2.48. The van der Waals surface area contributed by atoms with E-state index in [-0.39, 0.29) is 5.78 Å². The van der Waals surface area contributed by atoms with Crippen molar-refractivity contribution < 1.29 is 4.79 Å². The summed E-state index contributed by atoms with van der Waals surface area (Å²) < 4.78 is 0. The Hall–Kier alpha value is -2.16. The highest BCUT2D eigenvalue weighted by molar-refractivity contribution is 6.13. The predicted molar refractivity (Wildman–Crippen MR) is 66.2 cm³/mol. The Labute approximate surface area is 99.7 Å². The number of aromatic nitrogens is 1. The fraction of sp³-hybridized carbons (Fsp3) is 0.143. The molecule has 2 aromatic rings. The van der Waals surface area contributed by atoms with Crippen molar-refractivity contribution in [1.82, 2.24) is 4.98 Å². The van der Waals surface area contributed by atoms with Crippen LogP contribution < -0.4 is 4.90 Å². The number of anilines is 1. The van der Waals surface area contributed by atoms with E-state index in [4.69, 9.17) is 0 Å². The Morgan fingerprint density at radius 1 is 1.12 bits per heavy atom. The summed E-state index contributed by atoms with van der Waals surface area (Å²) in [7, 11) is 1.96. The van der Waals surface area contributed by atoms with Crippen LogP contribution in [0.25, 0.3) is 0 Å². The fourth-order valence-electron chi connectivity index (χ4n) is 2.23. The van der Waals surface area contributed by atoms with Gasteiger partial charge in [-0.1, -0.05) is 24.3 Å². The van der Waals surface area contributed by atoms with Crippen LogP contribution in [0.5, 0.6) is 0 Å². The zero-order valence-electron chi connectivity index (χ0n) is 9.55. The Kier molecular flexibility index (Phi) is 2.18. The van der Waals surface area contributed by atoms with Crippen molar-refractivity contribution in [3.05, 3.63) is 59.3 Å². The topological polar surface area (TPSA) is 33.2 Å². The molecule has 84 valence electrons. The maximum absolute atomic E-state index is 12.4. The molecule has 3 rings (SSSR count). The minimum atomic E-state index is 0.0630. The lowest BCUT2D eigenvalue weighted by atomic mass is 10.0. The number of carbonyl (C=O) groups excluding carboxylic acids is 1. The van der Waals surface area contributed by atoms with Crippen LogP contribution in [-0.2, 0) is 6.54 Å². The first-order valence-electron chi connectivity index (χ1n) is 5.56. The van der Waals surface area contributed by atoms with Gasteiger partial charge in [-0.25, -0.2) is 4.98 Å². The first-order chi connectivity index (χ1) is 8.27. The lowest BCUT2D eigenvalue weighted by molar-refractivity contribution is 0.103. The standard InChI is InChI=1S/C14H12N2O/c1-16-9-10-5-2-3-6-11(10)13(17)12-7-4-8-15-14(12)16/h2-8H,9H2,1H3. The Balaban J connectivity index is 2.26.